The number of aryl methyl sites for hydroxylation is 1. The zero-order valence-electron chi connectivity index (χ0n) is 16.9. The van der Waals surface area contributed by atoms with Crippen LogP contribution in [0.2, 0.25) is 0 Å². The van der Waals surface area contributed by atoms with Crippen LogP contribution >= 0.6 is 0 Å². The number of pyridine rings is 1. The predicted molar refractivity (Wildman–Crippen MR) is 111 cm³/mol. The van der Waals surface area contributed by atoms with Crippen LogP contribution in [0.3, 0.4) is 0 Å². The topological polar surface area (TPSA) is 97.0 Å². The van der Waals surface area contributed by atoms with Crippen molar-refractivity contribution in [3.63, 3.8) is 0 Å². The maximum absolute atomic E-state index is 12.4. The molecule has 3 aromatic heterocycles. The number of piperidine rings is 1. The molecular formula is C22H24N6O2. The maximum atomic E-state index is 12.4. The Hall–Kier alpha value is -3.29. The molecule has 0 aromatic carbocycles. The third kappa shape index (κ3) is 3.90. The number of hydrogen-bond acceptors (Lipinski definition) is 7. The van der Waals surface area contributed by atoms with E-state index in [-0.39, 0.29) is 11.9 Å². The van der Waals surface area contributed by atoms with Gasteiger partial charge in [0.2, 0.25) is 5.95 Å². The molecule has 2 aliphatic rings. The van der Waals surface area contributed by atoms with Crippen LogP contribution in [0.5, 0.6) is 0 Å². The van der Waals surface area contributed by atoms with E-state index in [2.05, 4.69) is 25.3 Å². The molecule has 5 rings (SSSR count). The van der Waals surface area contributed by atoms with Crippen molar-refractivity contribution >= 4 is 11.9 Å². The van der Waals surface area contributed by atoms with Gasteiger partial charge in [0.1, 0.15) is 0 Å². The van der Waals surface area contributed by atoms with Gasteiger partial charge in [0, 0.05) is 49.7 Å². The highest BCUT2D eigenvalue weighted by atomic mass is 16.5. The summed E-state index contributed by atoms with van der Waals surface area (Å²) >= 11 is 0. The normalized spacial score (nSPS) is 17.2. The lowest BCUT2D eigenvalue weighted by Crippen LogP contribution is -2.45. The summed E-state index contributed by atoms with van der Waals surface area (Å²) in [6, 6.07) is 5.63. The smallest absolute Gasteiger partial charge is 0.253 e. The van der Waals surface area contributed by atoms with Gasteiger partial charge in [-0.15, -0.1) is 0 Å². The van der Waals surface area contributed by atoms with Crippen molar-refractivity contribution in [3.8, 4) is 11.3 Å². The van der Waals surface area contributed by atoms with Crippen molar-refractivity contribution in [3.05, 3.63) is 53.7 Å². The highest BCUT2D eigenvalue weighted by molar-refractivity contribution is 5.94. The van der Waals surface area contributed by atoms with Crippen molar-refractivity contribution in [2.45, 2.75) is 44.6 Å². The van der Waals surface area contributed by atoms with Crippen molar-refractivity contribution in [1.82, 2.24) is 25.4 Å². The Morgan fingerprint density at radius 1 is 1.20 bits per heavy atom. The Morgan fingerprint density at radius 2 is 2.03 bits per heavy atom. The minimum atomic E-state index is -0.0690. The van der Waals surface area contributed by atoms with E-state index < -0.39 is 0 Å². The Labute approximate surface area is 174 Å². The first-order chi connectivity index (χ1) is 14.7. The lowest BCUT2D eigenvalue weighted by molar-refractivity contribution is 0.0930. The lowest BCUT2D eigenvalue weighted by Gasteiger charge is -2.32. The fourth-order valence-corrected chi connectivity index (χ4v) is 3.88. The molecule has 0 spiro atoms. The van der Waals surface area contributed by atoms with Crippen LogP contribution in [0.1, 0.15) is 53.3 Å². The maximum Gasteiger partial charge on any atom is 0.253 e. The highest BCUT2D eigenvalue weighted by Crippen LogP contribution is 2.43. The van der Waals surface area contributed by atoms with Crippen LogP contribution in [-0.4, -0.2) is 45.1 Å². The van der Waals surface area contributed by atoms with Gasteiger partial charge in [0.05, 0.1) is 22.5 Å². The lowest BCUT2D eigenvalue weighted by atomic mass is 10.0. The number of nitrogens with one attached hydrogen (secondary N) is 1. The molecule has 30 heavy (non-hydrogen) atoms. The van der Waals surface area contributed by atoms with Crippen LogP contribution in [0.25, 0.3) is 11.3 Å². The number of amides is 1. The average molecular weight is 404 g/mol. The number of carbonyl (C=O) groups excluding carboxylic acids is 1. The number of anilines is 1. The molecule has 0 radical (unpaired) electrons. The fraction of sp³-hybridized carbons (Fsp3) is 0.409. The number of nitrogens with zero attached hydrogens (tertiary/aromatic N) is 5. The largest absolute Gasteiger partial charge is 0.356 e. The molecule has 2 fully saturated rings. The van der Waals surface area contributed by atoms with Gasteiger partial charge in [-0.1, -0.05) is 5.16 Å². The quantitative estimate of drug-likeness (QED) is 0.698. The zero-order valence-corrected chi connectivity index (χ0v) is 16.9. The minimum absolute atomic E-state index is 0.0690. The Balaban J connectivity index is 1.26. The van der Waals surface area contributed by atoms with Crippen molar-refractivity contribution in [2.24, 2.45) is 0 Å². The van der Waals surface area contributed by atoms with E-state index in [1.165, 1.54) is 0 Å². The molecular weight excluding hydrogens is 380 g/mol. The van der Waals surface area contributed by atoms with Gasteiger partial charge in [0.15, 0.2) is 5.76 Å². The summed E-state index contributed by atoms with van der Waals surface area (Å²) in [4.78, 5) is 28.1. The summed E-state index contributed by atoms with van der Waals surface area (Å²) in [5.41, 5.74) is 3.45. The van der Waals surface area contributed by atoms with Crippen LogP contribution in [0.15, 0.2) is 41.3 Å². The third-order valence-electron chi connectivity index (χ3n) is 5.70. The first-order valence-corrected chi connectivity index (χ1v) is 10.4. The van der Waals surface area contributed by atoms with Crippen LogP contribution in [-0.2, 0) is 0 Å². The molecule has 1 amide bonds. The minimum Gasteiger partial charge on any atom is -0.356 e. The van der Waals surface area contributed by atoms with E-state index in [1.807, 2.05) is 19.2 Å². The van der Waals surface area contributed by atoms with Crippen molar-refractivity contribution < 1.29 is 9.32 Å². The van der Waals surface area contributed by atoms with Gasteiger partial charge in [-0.05, 0) is 44.7 Å². The molecule has 1 aliphatic carbocycles. The predicted octanol–water partition coefficient (Wildman–Crippen LogP) is 3.11. The SMILES string of the molecule is Cc1cc(-c2cnc(N3CCC(NC(=O)c4cccnc4)CC3)nc2C2CC2)on1. The van der Waals surface area contributed by atoms with Gasteiger partial charge >= 0.3 is 0 Å². The molecule has 8 nitrogen and oxygen atoms in total. The molecule has 3 aromatic rings. The summed E-state index contributed by atoms with van der Waals surface area (Å²) in [7, 11) is 0. The molecule has 0 atom stereocenters. The summed E-state index contributed by atoms with van der Waals surface area (Å²) < 4.78 is 5.45. The molecule has 0 unspecified atom stereocenters. The van der Waals surface area contributed by atoms with Gasteiger partial charge in [-0.3, -0.25) is 9.78 Å². The first kappa shape index (κ1) is 18.7. The molecule has 8 heteroatoms. The van der Waals surface area contributed by atoms with Gasteiger partial charge in [-0.2, -0.15) is 0 Å². The zero-order chi connectivity index (χ0) is 20.5. The van der Waals surface area contributed by atoms with Crippen molar-refractivity contribution in [1.29, 1.82) is 0 Å². The molecule has 0 bridgehead atoms. The van der Waals surface area contributed by atoms with E-state index in [4.69, 9.17) is 9.51 Å². The van der Waals surface area contributed by atoms with E-state index >= 15 is 0 Å². The molecule has 4 heterocycles. The monoisotopic (exact) mass is 404 g/mol. The summed E-state index contributed by atoms with van der Waals surface area (Å²) in [5, 5.41) is 7.11. The molecule has 1 saturated heterocycles. The third-order valence-corrected chi connectivity index (χ3v) is 5.70. The van der Waals surface area contributed by atoms with E-state index in [1.54, 1.807) is 24.5 Å². The van der Waals surface area contributed by atoms with E-state index in [0.29, 0.717) is 11.5 Å². The molecule has 1 aliphatic heterocycles. The van der Waals surface area contributed by atoms with Gasteiger partial charge in [0.25, 0.3) is 5.91 Å². The molecule has 1 N–H and O–H groups in total. The number of hydrogen-bond donors (Lipinski definition) is 1. The van der Waals surface area contributed by atoms with Gasteiger partial charge < -0.3 is 14.7 Å². The number of rotatable bonds is 5. The highest BCUT2D eigenvalue weighted by Gasteiger charge is 2.31. The average Bonchev–Trinajstić information content (AvgIpc) is 3.55. The second kappa shape index (κ2) is 7.85. The first-order valence-electron chi connectivity index (χ1n) is 10.4. The summed E-state index contributed by atoms with van der Waals surface area (Å²) in [5.74, 6) is 1.90. The molecule has 154 valence electrons. The van der Waals surface area contributed by atoms with Crippen molar-refractivity contribution in [2.75, 3.05) is 18.0 Å². The molecule has 1 saturated carbocycles. The van der Waals surface area contributed by atoms with E-state index in [0.717, 1.165) is 67.4 Å². The standard InChI is InChI=1S/C22H24N6O2/c1-14-11-19(30-27-14)18-13-24-22(26-20(18)15-4-5-15)28-9-6-17(7-10-28)25-21(29)16-3-2-8-23-12-16/h2-3,8,11-13,15,17H,4-7,9-10H2,1H3,(H,25,29). The van der Waals surface area contributed by atoms with Crippen LogP contribution in [0.4, 0.5) is 5.95 Å². The van der Waals surface area contributed by atoms with Crippen LogP contribution in [0, 0.1) is 6.92 Å². The Bertz CT molecular complexity index is 1040. The second-order valence-electron chi connectivity index (χ2n) is 8.05. The fourth-order valence-electron chi connectivity index (χ4n) is 3.88. The number of aromatic nitrogens is 4. The Kier molecular flexibility index (Phi) is 4.90. The van der Waals surface area contributed by atoms with E-state index in [9.17, 15) is 4.79 Å². The van der Waals surface area contributed by atoms with Gasteiger partial charge in [-0.25, -0.2) is 9.97 Å². The Morgan fingerprint density at radius 3 is 2.70 bits per heavy atom. The summed E-state index contributed by atoms with van der Waals surface area (Å²) in [6.07, 6.45) is 9.15. The summed E-state index contributed by atoms with van der Waals surface area (Å²) in [6.45, 7) is 3.53. The number of carbonyl (C=O) groups is 1. The second-order valence-corrected chi connectivity index (χ2v) is 8.05. The van der Waals surface area contributed by atoms with Crippen LogP contribution < -0.4 is 10.2 Å².